The number of piperidine rings is 1. The number of carbonyl (C=O) groups is 4. The lowest BCUT2D eigenvalue weighted by Gasteiger charge is -2.46. The molecule has 1 saturated heterocycles. The number of esters is 1. The molecule has 0 aromatic rings. The quantitative estimate of drug-likeness (QED) is 0.162. The summed E-state index contributed by atoms with van der Waals surface area (Å²) in [5.41, 5.74) is -1.25. The summed E-state index contributed by atoms with van der Waals surface area (Å²) in [6, 6.07) is -1.79. The van der Waals surface area contributed by atoms with E-state index in [0.717, 1.165) is 25.8 Å². The van der Waals surface area contributed by atoms with Crippen LogP contribution in [0.2, 0.25) is 0 Å². The maximum Gasteiger partial charge on any atom is 0.414 e. The van der Waals surface area contributed by atoms with E-state index in [2.05, 4.69) is 20.9 Å². The van der Waals surface area contributed by atoms with Crippen LogP contribution in [0.1, 0.15) is 88.0 Å². The van der Waals surface area contributed by atoms with Crippen LogP contribution in [0.15, 0.2) is 16.6 Å². The molecule has 4 atom stereocenters. The molecule has 0 aromatic heterocycles. The molecule has 1 unspecified atom stereocenters. The molecule has 244 valence electrons. The predicted molar refractivity (Wildman–Crippen MR) is 162 cm³/mol. The average Bonchev–Trinajstić information content (AvgIpc) is 2.86. The Morgan fingerprint density at radius 2 is 1.56 bits per heavy atom. The van der Waals surface area contributed by atoms with E-state index in [-0.39, 0.29) is 30.9 Å². The van der Waals surface area contributed by atoms with E-state index in [9.17, 15) is 19.2 Å². The second-order valence-corrected chi connectivity index (χ2v) is 12.7. The molecule has 43 heavy (non-hydrogen) atoms. The Balaban J connectivity index is 2.60. The van der Waals surface area contributed by atoms with Crippen LogP contribution in [0.4, 0.5) is 9.59 Å². The molecule has 2 rings (SSSR count). The molecule has 3 N–H and O–H groups in total. The SMILES string of the molecule is CCOCC1CCCCN1[C@@H]1C=C(C(=O)OCC)C[C@H](N=C(NC(=O)OC(C)(C)C)NC(=O)OC(C)(C)C)[C@H]1NC(C)=O. The van der Waals surface area contributed by atoms with Crippen LogP contribution in [-0.4, -0.2) is 96.7 Å². The maximum atomic E-state index is 13.1. The van der Waals surface area contributed by atoms with Gasteiger partial charge in [0.15, 0.2) is 0 Å². The highest BCUT2D eigenvalue weighted by Crippen LogP contribution is 2.31. The van der Waals surface area contributed by atoms with Crippen LogP contribution in [0, 0.1) is 0 Å². The van der Waals surface area contributed by atoms with E-state index >= 15 is 0 Å². The van der Waals surface area contributed by atoms with Gasteiger partial charge in [0, 0.05) is 31.6 Å². The number of aliphatic imine (C=N–C) groups is 1. The molecule has 1 aliphatic heterocycles. The summed E-state index contributed by atoms with van der Waals surface area (Å²) >= 11 is 0. The van der Waals surface area contributed by atoms with E-state index in [4.69, 9.17) is 23.9 Å². The number of amides is 3. The minimum atomic E-state index is -0.847. The van der Waals surface area contributed by atoms with Crippen LogP contribution < -0.4 is 16.0 Å². The number of hydrogen-bond donors (Lipinski definition) is 3. The van der Waals surface area contributed by atoms with Crippen LogP contribution in [-0.2, 0) is 28.5 Å². The minimum absolute atomic E-state index is 0.0524. The number of carbonyl (C=O) groups excluding carboxylic acids is 4. The molecule has 1 heterocycles. The highest BCUT2D eigenvalue weighted by Gasteiger charge is 2.42. The van der Waals surface area contributed by atoms with E-state index in [0.29, 0.717) is 18.8 Å². The molecule has 0 radical (unpaired) electrons. The van der Waals surface area contributed by atoms with Gasteiger partial charge in [-0.05, 0) is 74.8 Å². The van der Waals surface area contributed by atoms with Gasteiger partial charge in [-0.2, -0.15) is 0 Å². The van der Waals surface area contributed by atoms with Crippen molar-refractivity contribution < 1.29 is 38.1 Å². The van der Waals surface area contributed by atoms with Crippen molar-refractivity contribution in [2.24, 2.45) is 4.99 Å². The monoisotopic (exact) mass is 609 g/mol. The first-order valence-electron chi connectivity index (χ1n) is 15.1. The molecule has 13 nitrogen and oxygen atoms in total. The van der Waals surface area contributed by atoms with Gasteiger partial charge < -0.3 is 24.3 Å². The fourth-order valence-corrected chi connectivity index (χ4v) is 5.09. The Bertz CT molecular complexity index is 1010. The lowest BCUT2D eigenvalue weighted by Crippen LogP contribution is -2.62. The lowest BCUT2D eigenvalue weighted by molar-refractivity contribution is -0.139. The fourth-order valence-electron chi connectivity index (χ4n) is 5.09. The van der Waals surface area contributed by atoms with E-state index in [1.54, 1.807) is 48.5 Å². The molecule has 0 aromatic carbocycles. The topological polar surface area (TPSA) is 157 Å². The third-order valence-corrected chi connectivity index (χ3v) is 6.59. The summed E-state index contributed by atoms with van der Waals surface area (Å²) < 4.78 is 21.9. The molecule has 2 aliphatic rings. The Hall–Kier alpha value is -3.19. The number of nitrogens with one attached hydrogen (secondary N) is 3. The number of alkyl carbamates (subject to hydrolysis) is 2. The third-order valence-electron chi connectivity index (χ3n) is 6.59. The number of guanidine groups is 1. The zero-order valence-electron chi connectivity index (χ0n) is 27.2. The highest BCUT2D eigenvalue weighted by atomic mass is 16.6. The number of hydrogen-bond acceptors (Lipinski definition) is 10. The van der Waals surface area contributed by atoms with Gasteiger partial charge >= 0.3 is 18.2 Å². The summed E-state index contributed by atoms with van der Waals surface area (Å²) in [6.45, 7) is 17.3. The molecule has 1 fully saturated rings. The van der Waals surface area contributed by atoms with Gasteiger partial charge in [0.1, 0.15) is 11.2 Å². The van der Waals surface area contributed by atoms with E-state index in [1.165, 1.54) is 6.92 Å². The van der Waals surface area contributed by atoms with Gasteiger partial charge in [0.05, 0.1) is 31.3 Å². The fraction of sp³-hybridized carbons (Fsp3) is 0.767. The average molecular weight is 610 g/mol. The second-order valence-electron chi connectivity index (χ2n) is 12.7. The standard InChI is InChI=1S/C30H51N5O8/c1-10-40-18-21-14-12-13-15-35(21)23-17-20(25(37)41-11-2)16-22(24(23)31-19(3)36)32-26(33-27(38)42-29(4,5)6)34-28(39)43-30(7,8)9/h17,21-24H,10-16,18H2,1-9H3,(H,31,36)(H2,32,33,34,38,39)/t21?,22-,23+,24+/m0/s1. The van der Waals surface area contributed by atoms with Gasteiger partial charge in [-0.15, -0.1) is 0 Å². The molecular formula is C30H51N5O8. The number of nitrogens with zero attached hydrogens (tertiary/aromatic N) is 2. The smallest absolute Gasteiger partial charge is 0.414 e. The largest absolute Gasteiger partial charge is 0.463 e. The summed E-state index contributed by atoms with van der Waals surface area (Å²) in [6.07, 6.45) is 3.10. The van der Waals surface area contributed by atoms with Crippen LogP contribution in [0.25, 0.3) is 0 Å². The van der Waals surface area contributed by atoms with Crippen molar-refractivity contribution in [2.45, 2.75) is 123 Å². The first-order valence-corrected chi connectivity index (χ1v) is 15.1. The second kappa shape index (κ2) is 16.0. The van der Waals surface area contributed by atoms with Gasteiger partial charge in [0.25, 0.3) is 0 Å². The van der Waals surface area contributed by atoms with Crippen molar-refractivity contribution in [3.63, 3.8) is 0 Å². The van der Waals surface area contributed by atoms with Crippen LogP contribution in [0.5, 0.6) is 0 Å². The molecule has 0 bridgehead atoms. The van der Waals surface area contributed by atoms with Crippen LogP contribution in [0.3, 0.4) is 0 Å². The molecule has 13 heteroatoms. The number of likely N-dealkylation sites (tertiary alicyclic amines) is 1. The highest BCUT2D eigenvalue weighted by molar-refractivity contribution is 6.01. The lowest BCUT2D eigenvalue weighted by atomic mass is 9.84. The van der Waals surface area contributed by atoms with Crippen molar-refractivity contribution in [1.29, 1.82) is 0 Å². The normalized spacial score (nSPS) is 22.9. The Morgan fingerprint density at radius 3 is 2.07 bits per heavy atom. The van der Waals surface area contributed by atoms with Gasteiger partial charge in [-0.25, -0.2) is 19.4 Å². The number of ether oxygens (including phenoxy) is 4. The third kappa shape index (κ3) is 12.5. The first-order chi connectivity index (χ1) is 20.0. The molecular weight excluding hydrogens is 558 g/mol. The molecule has 0 spiro atoms. The van der Waals surface area contributed by atoms with Gasteiger partial charge in [0.2, 0.25) is 11.9 Å². The van der Waals surface area contributed by atoms with Crippen molar-refractivity contribution in [3.05, 3.63) is 11.6 Å². The first kappa shape index (κ1) is 36.0. The Morgan fingerprint density at radius 1 is 0.953 bits per heavy atom. The Labute approximate surface area is 255 Å². The van der Waals surface area contributed by atoms with Crippen molar-refractivity contribution in [2.75, 3.05) is 26.4 Å². The summed E-state index contributed by atoms with van der Waals surface area (Å²) in [5.74, 6) is -1.02. The maximum absolute atomic E-state index is 13.1. The predicted octanol–water partition coefficient (Wildman–Crippen LogP) is 3.42. The van der Waals surface area contributed by atoms with E-state index in [1.807, 2.05) is 13.0 Å². The van der Waals surface area contributed by atoms with Crippen LogP contribution >= 0.6 is 0 Å². The van der Waals surface area contributed by atoms with Crippen molar-refractivity contribution in [3.8, 4) is 0 Å². The van der Waals surface area contributed by atoms with Crippen molar-refractivity contribution >= 4 is 30.0 Å². The summed E-state index contributed by atoms with van der Waals surface area (Å²) in [4.78, 5) is 58.1. The zero-order valence-corrected chi connectivity index (χ0v) is 27.2. The molecule has 0 saturated carbocycles. The number of rotatable bonds is 8. The molecule has 3 amide bonds. The molecule has 1 aliphatic carbocycles. The van der Waals surface area contributed by atoms with Crippen molar-refractivity contribution in [1.82, 2.24) is 20.9 Å². The van der Waals surface area contributed by atoms with Gasteiger partial charge in [-0.3, -0.25) is 20.3 Å². The summed E-state index contributed by atoms with van der Waals surface area (Å²) in [5, 5.41) is 8.04. The minimum Gasteiger partial charge on any atom is -0.463 e. The zero-order chi connectivity index (χ0) is 32.4. The Kier molecular flexibility index (Phi) is 13.4. The van der Waals surface area contributed by atoms with E-state index < -0.39 is 47.5 Å². The van der Waals surface area contributed by atoms with Gasteiger partial charge in [-0.1, -0.05) is 12.5 Å². The summed E-state index contributed by atoms with van der Waals surface area (Å²) in [7, 11) is 0.